The van der Waals surface area contributed by atoms with Gasteiger partial charge in [-0.25, -0.2) is 0 Å². The Balaban J connectivity index is 2.15. The summed E-state index contributed by atoms with van der Waals surface area (Å²) < 4.78 is 4.74. The van der Waals surface area contributed by atoms with E-state index in [2.05, 4.69) is 19.1 Å². The predicted molar refractivity (Wildman–Crippen MR) is 120 cm³/mol. The van der Waals surface area contributed by atoms with Crippen LogP contribution in [0.1, 0.15) is 82.3 Å². The molecule has 0 radical (unpaired) electrons. The summed E-state index contributed by atoms with van der Waals surface area (Å²) in [4.78, 5) is 24.5. The number of Topliss-reactive ketones (excluding diaryl/α,β-unsaturated/α-hetero) is 1. The van der Waals surface area contributed by atoms with Crippen LogP contribution in [-0.2, 0) is 27.2 Å². The van der Waals surface area contributed by atoms with E-state index >= 15 is 0 Å². The van der Waals surface area contributed by atoms with Crippen LogP contribution in [0, 0.1) is 5.41 Å². The van der Waals surface area contributed by atoms with E-state index < -0.39 is 11.5 Å². The van der Waals surface area contributed by atoms with Crippen LogP contribution in [0.2, 0.25) is 0 Å². The van der Waals surface area contributed by atoms with Crippen LogP contribution in [0.5, 0.6) is 0 Å². The van der Waals surface area contributed by atoms with Crippen LogP contribution in [0.4, 0.5) is 0 Å². The van der Waals surface area contributed by atoms with E-state index in [-0.39, 0.29) is 11.8 Å². The van der Waals surface area contributed by atoms with Crippen molar-refractivity contribution >= 4 is 11.8 Å². The molecular formula is C26H38O4. The van der Waals surface area contributed by atoms with Gasteiger partial charge in [0.05, 0.1) is 18.6 Å². The van der Waals surface area contributed by atoms with Gasteiger partial charge >= 0.3 is 5.97 Å². The quantitative estimate of drug-likeness (QED) is 0.284. The lowest BCUT2D eigenvalue weighted by molar-refractivity contribution is -0.140. The third kappa shape index (κ3) is 7.39. The lowest BCUT2D eigenvalue weighted by Gasteiger charge is -2.34. The zero-order chi connectivity index (χ0) is 21.8. The molecule has 4 heteroatoms. The summed E-state index contributed by atoms with van der Waals surface area (Å²) in [6.07, 6.45) is 13.4. The molecule has 1 aliphatic carbocycles. The summed E-state index contributed by atoms with van der Waals surface area (Å²) in [5.41, 5.74) is 1.83. The number of unbranched alkanes of at least 4 members (excludes halogenated alkanes) is 2. The van der Waals surface area contributed by atoms with Crippen LogP contribution < -0.4 is 0 Å². The highest BCUT2D eigenvalue weighted by Gasteiger charge is 2.38. The lowest BCUT2D eigenvalue weighted by atomic mass is 9.68. The number of benzene rings is 1. The largest absolute Gasteiger partial charge is 0.469 e. The second-order valence-electron chi connectivity index (χ2n) is 8.58. The standard InChI is InChI=1S/C26H38O4/c1-3-4-5-14-23(27)17-19-26(18-9-8-15-24(26)28)20-22-12-7-6-11-21(22)13-10-16-25(29)30-2/h6-7,11-12,17,19,23,27H,3-5,8-10,13-16,18,20H2,1-2H3/b19-17+/t23-,26+/m0/s1. The second-order valence-corrected chi connectivity index (χ2v) is 8.58. The minimum absolute atomic E-state index is 0.189. The first-order valence-corrected chi connectivity index (χ1v) is 11.5. The van der Waals surface area contributed by atoms with Crippen LogP contribution in [0.3, 0.4) is 0 Å². The zero-order valence-electron chi connectivity index (χ0n) is 18.7. The monoisotopic (exact) mass is 414 g/mol. The highest BCUT2D eigenvalue weighted by molar-refractivity contribution is 5.87. The Morgan fingerprint density at radius 3 is 2.67 bits per heavy atom. The van der Waals surface area contributed by atoms with E-state index in [4.69, 9.17) is 4.74 Å². The fourth-order valence-electron chi connectivity index (χ4n) is 4.37. The first kappa shape index (κ1) is 24.3. The maximum Gasteiger partial charge on any atom is 0.305 e. The number of esters is 1. The molecule has 1 N–H and O–H groups in total. The van der Waals surface area contributed by atoms with Crippen molar-refractivity contribution in [2.45, 2.75) is 90.1 Å². The topological polar surface area (TPSA) is 63.6 Å². The Bertz CT molecular complexity index is 709. The summed E-state index contributed by atoms with van der Waals surface area (Å²) in [7, 11) is 1.41. The summed E-state index contributed by atoms with van der Waals surface area (Å²) in [5, 5.41) is 10.4. The van der Waals surface area contributed by atoms with Gasteiger partial charge in [0.1, 0.15) is 5.78 Å². The number of rotatable bonds is 12. The predicted octanol–water partition coefficient (Wildman–Crippen LogP) is 5.35. The molecule has 1 aromatic rings. The smallest absolute Gasteiger partial charge is 0.305 e. The minimum atomic E-state index is -0.525. The summed E-state index contributed by atoms with van der Waals surface area (Å²) in [5.74, 6) is 0.0986. The molecular weight excluding hydrogens is 376 g/mol. The molecule has 0 spiro atoms. The van der Waals surface area contributed by atoms with Crippen molar-refractivity contribution in [2.75, 3.05) is 7.11 Å². The molecule has 0 aromatic heterocycles. The van der Waals surface area contributed by atoms with Crippen molar-refractivity contribution in [3.8, 4) is 0 Å². The van der Waals surface area contributed by atoms with E-state index in [1.165, 1.54) is 18.2 Å². The fourth-order valence-corrected chi connectivity index (χ4v) is 4.37. The van der Waals surface area contributed by atoms with E-state index in [1.54, 1.807) is 0 Å². The van der Waals surface area contributed by atoms with Gasteiger partial charge in [0.15, 0.2) is 0 Å². The van der Waals surface area contributed by atoms with E-state index in [1.807, 2.05) is 24.3 Å². The summed E-state index contributed by atoms with van der Waals surface area (Å²) in [6.45, 7) is 2.15. The molecule has 0 unspecified atom stereocenters. The van der Waals surface area contributed by atoms with Gasteiger partial charge in [0.2, 0.25) is 0 Å². The number of aryl methyl sites for hydroxylation is 1. The number of ether oxygens (including phenoxy) is 1. The van der Waals surface area contributed by atoms with Gasteiger partial charge in [-0.2, -0.15) is 0 Å². The Morgan fingerprint density at radius 2 is 1.97 bits per heavy atom. The number of hydrogen-bond acceptors (Lipinski definition) is 4. The maximum absolute atomic E-state index is 13.1. The average molecular weight is 415 g/mol. The van der Waals surface area contributed by atoms with Crippen molar-refractivity contribution in [2.24, 2.45) is 5.41 Å². The van der Waals surface area contributed by atoms with E-state index in [0.717, 1.165) is 57.8 Å². The normalized spacial score (nSPS) is 20.4. The lowest BCUT2D eigenvalue weighted by Crippen LogP contribution is -2.35. The molecule has 166 valence electrons. The molecule has 0 aliphatic heterocycles. The van der Waals surface area contributed by atoms with Gasteiger partial charge in [0.25, 0.3) is 0 Å². The first-order chi connectivity index (χ1) is 14.5. The molecule has 1 aliphatic rings. The second kappa shape index (κ2) is 12.7. The fraction of sp³-hybridized carbons (Fsp3) is 0.615. The molecule has 1 saturated carbocycles. The highest BCUT2D eigenvalue weighted by Crippen LogP contribution is 2.39. The Kier molecular flexibility index (Phi) is 10.3. The van der Waals surface area contributed by atoms with Crippen molar-refractivity contribution in [1.29, 1.82) is 0 Å². The molecule has 0 saturated heterocycles. The zero-order valence-corrected chi connectivity index (χ0v) is 18.7. The van der Waals surface area contributed by atoms with Gasteiger partial charge < -0.3 is 9.84 Å². The van der Waals surface area contributed by atoms with Crippen molar-refractivity contribution in [3.63, 3.8) is 0 Å². The molecule has 2 rings (SSSR count). The number of carbonyl (C=O) groups is 2. The Hall–Kier alpha value is -1.94. The van der Waals surface area contributed by atoms with Gasteiger partial charge in [-0.05, 0) is 49.7 Å². The maximum atomic E-state index is 13.1. The van der Waals surface area contributed by atoms with Gasteiger partial charge in [-0.1, -0.05) is 69.0 Å². The number of hydrogen-bond donors (Lipinski definition) is 1. The van der Waals surface area contributed by atoms with Gasteiger partial charge in [-0.3, -0.25) is 9.59 Å². The number of allylic oxidation sites excluding steroid dienone is 1. The molecule has 0 amide bonds. The number of aliphatic hydroxyl groups is 1. The SMILES string of the molecule is CCCCC[C@H](O)/C=C/[C@@]1(Cc2ccccc2CCCC(=O)OC)CCCCC1=O. The summed E-state index contributed by atoms with van der Waals surface area (Å²) in [6, 6.07) is 8.22. The molecule has 2 atom stereocenters. The highest BCUT2D eigenvalue weighted by atomic mass is 16.5. The third-order valence-corrected chi connectivity index (χ3v) is 6.25. The first-order valence-electron chi connectivity index (χ1n) is 11.5. The van der Waals surface area contributed by atoms with Crippen LogP contribution in [0.25, 0.3) is 0 Å². The molecule has 30 heavy (non-hydrogen) atoms. The van der Waals surface area contributed by atoms with Crippen molar-refractivity contribution < 1.29 is 19.4 Å². The Morgan fingerprint density at radius 1 is 1.20 bits per heavy atom. The number of methoxy groups -OCH3 is 1. The molecule has 1 fully saturated rings. The third-order valence-electron chi connectivity index (χ3n) is 6.25. The van der Waals surface area contributed by atoms with Crippen LogP contribution >= 0.6 is 0 Å². The van der Waals surface area contributed by atoms with Crippen molar-refractivity contribution in [1.82, 2.24) is 0 Å². The van der Waals surface area contributed by atoms with Gasteiger partial charge in [0, 0.05) is 12.8 Å². The van der Waals surface area contributed by atoms with E-state index in [9.17, 15) is 14.7 Å². The Labute approximate surface area is 181 Å². The van der Waals surface area contributed by atoms with Crippen LogP contribution in [-0.4, -0.2) is 30.1 Å². The number of ketones is 1. The van der Waals surface area contributed by atoms with Gasteiger partial charge in [-0.15, -0.1) is 0 Å². The average Bonchev–Trinajstić information content (AvgIpc) is 2.75. The summed E-state index contributed by atoms with van der Waals surface area (Å²) >= 11 is 0. The van der Waals surface area contributed by atoms with Crippen molar-refractivity contribution in [3.05, 3.63) is 47.5 Å². The molecule has 0 heterocycles. The van der Waals surface area contributed by atoms with E-state index in [0.29, 0.717) is 19.3 Å². The molecule has 1 aromatic carbocycles. The number of aliphatic hydroxyl groups excluding tert-OH is 1. The molecule has 0 bridgehead atoms. The molecule has 4 nitrogen and oxygen atoms in total. The number of carbonyl (C=O) groups excluding carboxylic acids is 2. The van der Waals surface area contributed by atoms with Crippen LogP contribution in [0.15, 0.2) is 36.4 Å². The minimum Gasteiger partial charge on any atom is -0.469 e.